The summed E-state index contributed by atoms with van der Waals surface area (Å²) in [5.74, 6) is 0. The van der Waals surface area contributed by atoms with E-state index in [4.69, 9.17) is 24.4 Å². The fourth-order valence-electron chi connectivity index (χ4n) is 4.07. The molecule has 0 bridgehead atoms. The lowest BCUT2D eigenvalue weighted by Crippen LogP contribution is -2.28. The molecule has 2 aromatic carbocycles. The molecule has 0 heterocycles. The molecule has 4 heteroatoms. The molecule has 0 N–H and O–H groups in total. The maximum absolute atomic E-state index is 4.72. The maximum Gasteiger partial charge on any atom is 0.0739 e. The summed E-state index contributed by atoms with van der Waals surface area (Å²) in [6, 6.07) is 17.0. The van der Waals surface area contributed by atoms with Crippen molar-refractivity contribution in [2.24, 2.45) is 9.98 Å². The number of benzene rings is 2. The Labute approximate surface area is 166 Å². The monoisotopic (exact) mass is 378 g/mol. The van der Waals surface area contributed by atoms with Crippen LogP contribution in [-0.2, 0) is 5.41 Å². The van der Waals surface area contributed by atoms with Crippen LogP contribution in [0.2, 0.25) is 0 Å². The van der Waals surface area contributed by atoms with E-state index in [0.717, 1.165) is 11.4 Å². The van der Waals surface area contributed by atoms with E-state index in [-0.39, 0.29) is 5.41 Å². The van der Waals surface area contributed by atoms with Crippen molar-refractivity contribution in [2.75, 3.05) is 0 Å². The van der Waals surface area contributed by atoms with Gasteiger partial charge in [0.2, 0.25) is 0 Å². The average Bonchev–Trinajstić information content (AvgIpc) is 2.64. The van der Waals surface area contributed by atoms with Crippen LogP contribution in [0.3, 0.4) is 0 Å². The fraction of sp³-hybridized carbons (Fsp3) is 0.364. The van der Waals surface area contributed by atoms with Crippen LogP contribution < -0.4 is 0 Å². The van der Waals surface area contributed by atoms with Crippen molar-refractivity contribution >= 4 is 46.1 Å². The molecule has 0 amide bonds. The molecular formula is C22H22N2S2. The predicted octanol–water partition coefficient (Wildman–Crippen LogP) is 7.19. The van der Waals surface area contributed by atoms with Gasteiger partial charge in [0.1, 0.15) is 0 Å². The van der Waals surface area contributed by atoms with Crippen molar-refractivity contribution in [2.45, 2.75) is 50.4 Å². The summed E-state index contributed by atoms with van der Waals surface area (Å²) in [6.45, 7) is 0. The highest BCUT2D eigenvalue weighted by Crippen LogP contribution is 2.44. The van der Waals surface area contributed by atoms with E-state index < -0.39 is 0 Å². The molecule has 2 nitrogen and oxygen atoms in total. The summed E-state index contributed by atoms with van der Waals surface area (Å²) < 4.78 is 0. The zero-order valence-corrected chi connectivity index (χ0v) is 16.4. The first kappa shape index (κ1) is 18.8. The first-order valence-corrected chi connectivity index (χ1v) is 9.97. The minimum atomic E-state index is 0.0419. The molecule has 0 saturated heterocycles. The van der Waals surface area contributed by atoms with E-state index in [1.54, 1.807) is 0 Å². The second-order valence-electron chi connectivity index (χ2n) is 6.85. The molecule has 1 aliphatic rings. The van der Waals surface area contributed by atoms with Gasteiger partial charge in [-0.1, -0.05) is 56.4 Å². The van der Waals surface area contributed by atoms with Gasteiger partial charge in [0.25, 0.3) is 0 Å². The zero-order chi connectivity index (χ0) is 18.2. The number of nitrogens with zero attached hydrogens (tertiary/aromatic N) is 2. The summed E-state index contributed by atoms with van der Waals surface area (Å²) in [6.07, 6.45) is 8.79. The molecule has 26 heavy (non-hydrogen) atoms. The van der Waals surface area contributed by atoms with E-state index in [1.807, 2.05) is 24.3 Å². The van der Waals surface area contributed by atoms with Gasteiger partial charge in [0, 0.05) is 5.41 Å². The van der Waals surface area contributed by atoms with E-state index in [2.05, 4.69) is 44.6 Å². The van der Waals surface area contributed by atoms with Crippen molar-refractivity contribution in [3.8, 4) is 0 Å². The Morgan fingerprint density at radius 2 is 1.00 bits per heavy atom. The quantitative estimate of drug-likeness (QED) is 0.415. The third-order valence-corrected chi connectivity index (χ3v) is 5.58. The van der Waals surface area contributed by atoms with E-state index in [1.165, 1.54) is 56.1 Å². The Balaban J connectivity index is 2.05. The Bertz CT molecular complexity index is 756. The summed E-state index contributed by atoms with van der Waals surface area (Å²) in [5, 5.41) is 4.89. The van der Waals surface area contributed by atoms with Crippen LogP contribution in [0.15, 0.2) is 58.5 Å². The van der Waals surface area contributed by atoms with Crippen LogP contribution in [0.25, 0.3) is 0 Å². The van der Waals surface area contributed by atoms with Crippen LogP contribution in [-0.4, -0.2) is 10.3 Å². The molecule has 0 radical (unpaired) electrons. The van der Waals surface area contributed by atoms with Crippen LogP contribution in [0, 0.1) is 0 Å². The summed E-state index contributed by atoms with van der Waals surface area (Å²) in [4.78, 5) is 8.18. The van der Waals surface area contributed by atoms with Gasteiger partial charge >= 0.3 is 0 Å². The van der Waals surface area contributed by atoms with Gasteiger partial charge < -0.3 is 0 Å². The minimum Gasteiger partial charge on any atom is -0.195 e. The number of rotatable bonds is 4. The number of hydrogen-bond acceptors (Lipinski definition) is 4. The van der Waals surface area contributed by atoms with Gasteiger partial charge in [-0.05, 0) is 72.7 Å². The first-order valence-electron chi connectivity index (χ1n) is 9.15. The maximum atomic E-state index is 4.72. The van der Waals surface area contributed by atoms with Gasteiger partial charge in [-0.2, -0.15) is 9.98 Å². The van der Waals surface area contributed by atoms with Gasteiger partial charge in [-0.3, -0.25) is 0 Å². The SMILES string of the molecule is S=C=Nc1ccc(C2(c3ccc(N=C=S)cc3)CCCCCCC2)cc1. The van der Waals surface area contributed by atoms with Crippen molar-refractivity contribution in [1.29, 1.82) is 0 Å². The first-order chi connectivity index (χ1) is 12.8. The third-order valence-electron chi connectivity index (χ3n) is 5.40. The average molecular weight is 379 g/mol. The van der Waals surface area contributed by atoms with Crippen LogP contribution in [0.5, 0.6) is 0 Å². The molecule has 0 unspecified atom stereocenters. The molecular weight excluding hydrogens is 356 g/mol. The fourth-order valence-corrected chi connectivity index (χ4v) is 4.28. The van der Waals surface area contributed by atoms with Crippen LogP contribution in [0.4, 0.5) is 11.4 Å². The topological polar surface area (TPSA) is 24.7 Å². The molecule has 2 aromatic rings. The van der Waals surface area contributed by atoms with Gasteiger partial charge in [0.05, 0.1) is 21.7 Å². The van der Waals surface area contributed by atoms with Crippen LogP contribution >= 0.6 is 24.4 Å². The Hall–Kier alpha value is -1.96. The molecule has 1 aliphatic carbocycles. The zero-order valence-electron chi connectivity index (χ0n) is 14.8. The predicted molar refractivity (Wildman–Crippen MR) is 115 cm³/mol. The number of hydrogen-bond donors (Lipinski definition) is 0. The number of isothiocyanates is 2. The smallest absolute Gasteiger partial charge is 0.0739 e. The standard InChI is InChI=1S/C22H22N2S2/c25-16-23-20-10-6-18(7-11-20)22(14-4-2-1-3-5-15-22)19-8-12-21(13-9-19)24-17-26/h6-13H,1-5,14-15H2. The molecule has 0 aromatic heterocycles. The van der Waals surface area contributed by atoms with E-state index in [9.17, 15) is 0 Å². The molecule has 0 aliphatic heterocycles. The Morgan fingerprint density at radius 3 is 1.38 bits per heavy atom. The molecule has 0 atom stereocenters. The number of aliphatic imine (C=N–C) groups is 2. The van der Waals surface area contributed by atoms with Crippen molar-refractivity contribution in [3.63, 3.8) is 0 Å². The second kappa shape index (κ2) is 9.12. The minimum absolute atomic E-state index is 0.0419. The number of thiocarbonyl (C=S) groups is 2. The lowest BCUT2D eigenvalue weighted by Gasteiger charge is -2.37. The van der Waals surface area contributed by atoms with Gasteiger partial charge in [0.15, 0.2) is 0 Å². The van der Waals surface area contributed by atoms with Crippen LogP contribution in [0.1, 0.15) is 56.1 Å². The molecule has 0 spiro atoms. The normalized spacial score (nSPS) is 16.5. The lowest BCUT2D eigenvalue weighted by atomic mass is 9.67. The summed E-state index contributed by atoms with van der Waals surface area (Å²) in [5.41, 5.74) is 4.47. The van der Waals surface area contributed by atoms with E-state index >= 15 is 0 Å². The second-order valence-corrected chi connectivity index (χ2v) is 7.21. The van der Waals surface area contributed by atoms with E-state index in [0.29, 0.717) is 0 Å². The Morgan fingerprint density at radius 1 is 0.615 bits per heavy atom. The largest absolute Gasteiger partial charge is 0.195 e. The molecule has 3 rings (SSSR count). The van der Waals surface area contributed by atoms with Gasteiger partial charge in [-0.15, -0.1) is 0 Å². The summed E-state index contributed by atoms with van der Waals surface area (Å²) >= 11 is 9.44. The molecule has 1 fully saturated rings. The highest BCUT2D eigenvalue weighted by molar-refractivity contribution is 7.78. The van der Waals surface area contributed by atoms with Crippen molar-refractivity contribution in [3.05, 3.63) is 59.7 Å². The van der Waals surface area contributed by atoms with Crippen molar-refractivity contribution in [1.82, 2.24) is 0 Å². The Kier molecular flexibility index (Phi) is 6.60. The molecule has 132 valence electrons. The van der Waals surface area contributed by atoms with Gasteiger partial charge in [-0.25, -0.2) is 0 Å². The lowest BCUT2D eigenvalue weighted by molar-refractivity contribution is 0.366. The highest BCUT2D eigenvalue weighted by Gasteiger charge is 2.34. The highest BCUT2D eigenvalue weighted by atomic mass is 32.1. The third kappa shape index (κ3) is 4.23. The molecule has 1 saturated carbocycles. The summed E-state index contributed by atoms with van der Waals surface area (Å²) in [7, 11) is 0. The van der Waals surface area contributed by atoms with Crippen molar-refractivity contribution < 1.29 is 0 Å².